The molecule has 60 valence electrons. The molecule has 0 aromatic heterocycles. The quantitative estimate of drug-likeness (QED) is 0.357. The van der Waals surface area contributed by atoms with Crippen molar-refractivity contribution in [3.05, 3.63) is 0 Å². The van der Waals surface area contributed by atoms with Gasteiger partial charge in [-0.2, -0.15) is 12.6 Å². The third kappa shape index (κ3) is 5.95. The molecular formula is C7H16N2S. The van der Waals surface area contributed by atoms with Crippen LogP contribution in [-0.2, 0) is 0 Å². The molecule has 2 N–H and O–H groups in total. The van der Waals surface area contributed by atoms with E-state index in [1.807, 2.05) is 0 Å². The average molecular weight is 160 g/mol. The van der Waals surface area contributed by atoms with Gasteiger partial charge in [0.15, 0.2) is 0 Å². The molecule has 2 nitrogen and oxygen atoms in total. The van der Waals surface area contributed by atoms with Gasteiger partial charge in [0.05, 0.1) is 0 Å². The summed E-state index contributed by atoms with van der Waals surface area (Å²) in [5.41, 5.74) is 5.68. The van der Waals surface area contributed by atoms with Crippen LogP contribution in [0, 0.1) is 5.41 Å². The largest absolute Gasteiger partial charge is 0.387 e. The van der Waals surface area contributed by atoms with Crippen molar-refractivity contribution >= 4 is 18.5 Å². The summed E-state index contributed by atoms with van der Waals surface area (Å²) >= 11 is 3.99. The predicted octanol–water partition coefficient (Wildman–Crippen LogP) is 1.32. The van der Waals surface area contributed by atoms with Gasteiger partial charge in [-0.1, -0.05) is 20.8 Å². The first-order valence-corrected chi connectivity index (χ1v) is 3.98. The van der Waals surface area contributed by atoms with Crippen LogP contribution < -0.4 is 5.73 Å². The second-order valence-corrected chi connectivity index (χ2v) is 3.84. The maximum Gasteiger partial charge on any atom is 0.103 e. The maximum absolute atomic E-state index is 5.45. The highest BCUT2D eigenvalue weighted by Gasteiger charge is 2.07. The van der Waals surface area contributed by atoms with Crippen LogP contribution in [0.25, 0.3) is 0 Å². The van der Waals surface area contributed by atoms with E-state index in [0.29, 0.717) is 11.6 Å². The van der Waals surface area contributed by atoms with Crippen LogP contribution in [-0.4, -0.2) is 18.1 Å². The third-order valence-electron chi connectivity index (χ3n) is 0.918. The summed E-state index contributed by atoms with van der Waals surface area (Å²) in [5, 5.41) is 0. The highest BCUT2D eigenvalue weighted by atomic mass is 32.1. The summed E-state index contributed by atoms with van der Waals surface area (Å²) < 4.78 is 0. The van der Waals surface area contributed by atoms with E-state index in [1.165, 1.54) is 0 Å². The number of aliphatic imine (C=N–C) groups is 1. The third-order valence-corrected chi connectivity index (χ3v) is 1.24. The van der Waals surface area contributed by atoms with Gasteiger partial charge < -0.3 is 5.73 Å². The number of hydrogen-bond acceptors (Lipinski definition) is 2. The predicted molar refractivity (Wildman–Crippen MR) is 49.8 cm³/mol. The van der Waals surface area contributed by atoms with Gasteiger partial charge in [0, 0.05) is 12.3 Å². The van der Waals surface area contributed by atoms with Crippen LogP contribution in [0.5, 0.6) is 0 Å². The zero-order valence-corrected chi connectivity index (χ0v) is 7.78. The minimum Gasteiger partial charge on any atom is -0.387 e. The summed E-state index contributed by atoms with van der Waals surface area (Å²) in [5.74, 6) is 1.18. The van der Waals surface area contributed by atoms with Crippen LogP contribution in [0.3, 0.4) is 0 Å². The zero-order valence-electron chi connectivity index (χ0n) is 6.89. The molecule has 0 bridgehead atoms. The molecule has 10 heavy (non-hydrogen) atoms. The van der Waals surface area contributed by atoms with Gasteiger partial charge in [-0.05, 0) is 5.41 Å². The first-order valence-electron chi connectivity index (χ1n) is 3.35. The molecule has 0 spiro atoms. The van der Waals surface area contributed by atoms with E-state index in [0.717, 1.165) is 6.54 Å². The second-order valence-electron chi connectivity index (χ2n) is 3.53. The minimum absolute atomic E-state index is 0.230. The minimum atomic E-state index is 0.230. The van der Waals surface area contributed by atoms with Crippen molar-refractivity contribution in [1.82, 2.24) is 0 Å². The van der Waals surface area contributed by atoms with Crippen molar-refractivity contribution in [2.24, 2.45) is 16.1 Å². The first-order chi connectivity index (χ1) is 4.45. The van der Waals surface area contributed by atoms with E-state index in [4.69, 9.17) is 5.73 Å². The molecule has 3 heteroatoms. The van der Waals surface area contributed by atoms with Crippen LogP contribution in [0.1, 0.15) is 20.8 Å². The fraction of sp³-hybridized carbons (Fsp3) is 0.857. The monoisotopic (exact) mass is 160 g/mol. The summed E-state index contributed by atoms with van der Waals surface area (Å²) in [6, 6.07) is 0. The standard InChI is InChI=1S/C7H16N2S/c1-7(2,3)5-9-6(8)4-10/h10H,4-5H2,1-3H3,(H2,8,9). The summed E-state index contributed by atoms with van der Waals surface area (Å²) in [6.45, 7) is 7.16. The normalized spacial score (nSPS) is 13.8. The number of rotatable bonds is 2. The van der Waals surface area contributed by atoms with Gasteiger partial charge in [0.2, 0.25) is 0 Å². The zero-order chi connectivity index (χ0) is 8.20. The van der Waals surface area contributed by atoms with E-state index in [1.54, 1.807) is 0 Å². The van der Waals surface area contributed by atoms with Crippen molar-refractivity contribution in [2.45, 2.75) is 20.8 Å². The van der Waals surface area contributed by atoms with Crippen LogP contribution in [0.4, 0.5) is 0 Å². The Kier molecular flexibility index (Phi) is 3.79. The number of thiol groups is 1. The molecule has 0 aromatic carbocycles. The molecule has 0 aliphatic carbocycles. The van der Waals surface area contributed by atoms with Crippen molar-refractivity contribution in [2.75, 3.05) is 12.3 Å². The summed E-state index contributed by atoms with van der Waals surface area (Å²) in [6.07, 6.45) is 0. The Morgan fingerprint density at radius 2 is 2.00 bits per heavy atom. The van der Waals surface area contributed by atoms with E-state index >= 15 is 0 Å². The Balaban J connectivity index is 3.73. The SMILES string of the molecule is CC(C)(C)CN=C(N)CS. The lowest BCUT2D eigenvalue weighted by molar-refractivity contribution is 0.429. The maximum atomic E-state index is 5.45. The lowest BCUT2D eigenvalue weighted by Crippen LogP contribution is -2.18. The van der Waals surface area contributed by atoms with Crippen LogP contribution in [0.15, 0.2) is 4.99 Å². The molecule has 0 heterocycles. The average Bonchev–Trinajstić information content (AvgIpc) is 1.81. The fourth-order valence-corrected chi connectivity index (χ4v) is 0.489. The van der Waals surface area contributed by atoms with E-state index in [-0.39, 0.29) is 5.41 Å². The molecule has 0 fully saturated rings. The van der Waals surface area contributed by atoms with E-state index in [2.05, 4.69) is 38.4 Å². The molecule has 0 aromatic rings. The van der Waals surface area contributed by atoms with Gasteiger partial charge in [0.1, 0.15) is 5.84 Å². The molecule has 0 saturated carbocycles. The number of amidine groups is 1. The molecule has 0 rings (SSSR count). The van der Waals surface area contributed by atoms with Crippen LogP contribution >= 0.6 is 12.6 Å². The van der Waals surface area contributed by atoms with Gasteiger partial charge >= 0.3 is 0 Å². The Labute approximate surface area is 68.3 Å². The molecular weight excluding hydrogens is 144 g/mol. The Morgan fingerprint density at radius 1 is 1.50 bits per heavy atom. The summed E-state index contributed by atoms with van der Waals surface area (Å²) in [4.78, 5) is 4.13. The highest BCUT2D eigenvalue weighted by molar-refractivity contribution is 7.81. The Morgan fingerprint density at radius 3 is 2.30 bits per heavy atom. The first kappa shape index (κ1) is 9.82. The van der Waals surface area contributed by atoms with Gasteiger partial charge in [0.25, 0.3) is 0 Å². The molecule has 0 aliphatic rings. The van der Waals surface area contributed by atoms with Crippen molar-refractivity contribution in [3.8, 4) is 0 Å². The Bertz CT molecular complexity index is 124. The molecule has 0 aliphatic heterocycles. The number of nitrogens with zero attached hydrogens (tertiary/aromatic N) is 1. The number of hydrogen-bond donors (Lipinski definition) is 2. The molecule has 0 atom stereocenters. The second kappa shape index (κ2) is 3.86. The van der Waals surface area contributed by atoms with Gasteiger partial charge in [-0.25, -0.2) is 0 Å². The fourth-order valence-electron chi connectivity index (χ4n) is 0.389. The van der Waals surface area contributed by atoms with Crippen molar-refractivity contribution in [3.63, 3.8) is 0 Å². The lowest BCUT2D eigenvalue weighted by Gasteiger charge is -2.14. The molecule has 0 saturated heterocycles. The van der Waals surface area contributed by atoms with Crippen LogP contribution in [0.2, 0.25) is 0 Å². The van der Waals surface area contributed by atoms with E-state index < -0.39 is 0 Å². The molecule has 0 unspecified atom stereocenters. The molecule has 0 radical (unpaired) electrons. The highest BCUT2D eigenvalue weighted by Crippen LogP contribution is 2.12. The smallest absolute Gasteiger partial charge is 0.103 e. The van der Waals surface area contributed by atoms with Crippen molar-refractivity contribution < 1.29 is 0 Å². The van der Waals surface area contributed by atoms with Gasteiger partial charge in [-0.15, -0.1) is 0 Å². The summed E-state index contributed by atoms with van der Waals surface area (Å²) in [7, 11) is 0. The Hall–Kier alpha value is -0.180. The number of nitrogens with two attached hydrogens (primary N) is 1. The van der Waals surface area contributed by atoms with E-state index in [9.17, 15) is 0 Å². The topological polar surface area (TPSA) is 38.4 Å². The van der Waals surface area contributed by atoms with Crippen molar-refractivity contribution in [1.29, 1.82) is 0 Å². The van der Waals surface area contributed by atoms with Gasteiger partial charge in [-0.3, -0.25) is 4.99 Å². The lowest BCUT2D eigenvalue weighted by atomic mass is 9.97. The molecule has 0 amide bonds.